The highest BCUT2D eigenvalue weighted by molar-refractivity contribution is 6.11. The van der Waals surface area contributed by atoms with Crippen molar-refractivity contribution in [2.45, 2.75) is 55.2 Å². The van der Waals surface area contributed by atoms with Gasteiger partial charge in [0, 0.05) is 24.0 Å². The summed E-state index contributed by atoms with van der Waals surface area (Å²) in [5.41, 5.74) is -5.45. The molecule has 0 radical (unpaired) electrons. The quantitative estimate of drug-likeness (QED) is 0.488. The first-order valence-electron chi connectivity index (χ1n) is 8.87. The van der Waals surface area contributed by atoms with Crippen LogP contribution in [-0.4, -0.2) is 54.9 Å². The van der Waals surface area contributed by atoms with E-state index in [1.165, 1.54) is 18.2 Å². The Labute approximate surface area is 149 Å². The van der Waals surface area contributed by atoms with Gasteiger partial charge in [0.05, 0.1) is 17.6 Å². The molecule has 1 aromatic carbocycles. The fourth-order valence-electron chi connectivity index (χ4n) is 5.86. The number of carbonyl (C=O) groups is 2. The molecular formula is C19H20O7. The van der Waals surface area contributed by atoms with Gasteiger partial charge < -0.3 is 25.2 Å². The van der Waals surface area contributed by atoms with Crippen LogP contribution >= 0.6 is 0 Å². The minimum Gasteiger partial charge on any atom is -0.508 e. The van der Waals surface area contributed by atoms with Crippen molar-refractivity contribution in [3.05, 3.63) is 29.3 Å². The van der Waals surface area contributed by atoms with Gasteiger partial charge in [0.25, 0.3) is 0 Å². The summed E-state index contributed by atoms with van der Waals surface area (Å²) in [7, 11) is 0. The third-order valence-corrected chi connectivity index (χ3v) is 6.75. The van der Waals surface area contributed by atoms with Gasteiger partial charge in [0.15, 0.2) is 17.0 Å². The number of benzene rings is 1. The van der Waals surface area contributed by atoms with E-state index >= 15 is 0 Å². The number of aliphatic hydroxyl groups excluding tert-OH is 1. The Balaban J connectivity index is 1.76. The summed E-state index contributed by atoms with van der Waals surface area (Å²) in [4.78, 5) is 26.1. The van der Waals surface area contributed by atoms with Gasteiger partial charge in [-0.15, -0.1) is 0 Å². The minimum atomic E-state index is -2.36. The second-order valence-corrected chi connectivity index (χ2v) is 8.36. The van der Waals surface area contributed by atoms with E-state index < -0.39 is 46.5 Å². The number of phenols is 1. The Morgan fingerprint density at radius 3 is 2.65 bits per heavy atom. The molecule has 4 N–H and O–H groups in total. The van der Waals surface area contributed by atoms with Crippen LogP contribution in [0.25, 0.3) is 0 Å². The highest BCUT2D eigenvalue weighted by Crippen LogP contribution is 2.70. The largest absolute Gasteiger partial charge is 0.508 e. The van der Waals surface area contributed by atoms with Crippen LogP contribution in [0.15, 0.2) is 18.2 Å². The molecule has 26 heavy (non-hydrogen) atoms. The zero-order chi connectivity index (χ0) is 18.6. The average molecular weight is 360 g/mol. The summed E-state index contributed by atoms with van der Waals surface area (Å²) in [6.45, 7) is 1.82. The second kappa shape index (κ2) is 4.54. The van der Waals surface area contributed by atoms with Crippen LogP contribution in [0, 0.1) is 11.8 Å². The summed E-state index contributed by atoms with van der Waals surface area (Å²) in [6.07, 6.45) is -2.04. The maximum atomic E-state index is 13.3. The van der Waals surface area contributed by atoms with Crippen molar-refractivity contribution in [2.75, 3.05) is 0 Å². The SMILES string of the molecule is C[C@@H]1CC(=O)[C@@H]2[C@](O)(C1)C[C@H](O)[C@]13O[C@@H]1c1c(O)cccc1C(=O)[C@@]23O. The Kier molecular flexibility index (Phi) is 2.86. The third kappa shape index (κ3) is 1.55. The highest BCUT2D eigenvalue weighted by Gasteiger charge is 2.86. The molecule has 0 aromatic heterocycles. The van der Waals surface area contributed by atoms with Crippen molar-refractivity contribution in [1.29, 1.82) is 0 Å². The Hall–Kier alpha value is -1.80. The maximum absolute atomic E-state index is 13.3. The van der Waals surface area contributed by atoms with Gasteiger partial charge in [0.2, 0.25) is 0 Å². The van der Waals surface area contributed by atoms with E-state index in [0.29, 0.717) is 0 Å². The van der Waals surface area contributed by atoms with Gasteiger partial charge in [-0.05, 0) is 18.4 Å². The summed E-state index contributed by atoms with van der Waals surface area (Å²) < 4.78 is 5.69. The molecule has 1 heterocycles. The number of phenolic OH excluding ortho intramolecular Hbond substituents is 1. The smallest absolute Gasteiger partial charge is 0.198 e. The zero-order valence-corrected chi connectivity index (χ0v) is 14.2. The zero-order valence-electron chi connectivity index (χ0n) is 14.2. The van der Waals surface area contributed by atoms with Crippen molar-refractivity contribution in [3.8, 4) is 5.75 Å². The topological polar surface area (TPSA) is 128 Å². The van der Waals surface area contributed by atoms with Gasteiger partial charge in [-0.2, -0.15) is 0 Å². The van der Waals surface area contributed by atoms with Crippen LogP contribution in [0.4, 0.5) is 0 Å². The molecule has 1 aliphatic heterocycles. The molecule has 1 saturated heterocycles. The molecule has 2 saturated carbocycles. The van der Waals surface area contributed by atoms with Crippen LogP contribution in [0.2, 0.25) is 0 Å². The summed E-state index contributed by atoms with van der Waals surface area (Å²) in [5, 5.41) is 43.7. The molecule has 0 amide bonds. The van der Waals surface area contributed by atoms with Crippen LogP contribution in [0.3, 0.4) is 0 Å². The van der Waals surface area contributed by atoms with Crippen molar-refractivity contribution in [3.63, 3.8) is 0 Å². The van der Waals surface area contributed by atoms with Gasteiger partial charge >= 0.3 is 0 Å². The molecule has 4 aliphatic rings. The first kappa shape index (κ1) is 16.4. The van der Waals surface area contributed by atoms with Crippen molar-refractivity contribution < 1.29 is 34.8 Å². The van der Waals surface area contributed by atoms with Crippen LogP contribution in [0.5, 0.6) is 5.75 Å². The fraction of sp³-hybridized carbons (Fsp3) is 0.579. The molecule has 0 unspecified atom stereocenters. The number of Topliss-reactive ketones (excluding diaryl/α,β-unsaturated/α-hetero) is 2. The predicted octanol–water partition coefficient (Wildman–Crippen LogP) is 0.241. The number of hydrogen-bond donors (Lipinski definition) is 4. The molecule has 3 aliphatic carbocycles. The van der Waals surface area contributed by atoms with E-state index in [1.807, 2.05) is 6.92 Å². The van der Waals surface area contributed by atoms with E-state index in [0.717, 1.165) is 0 Å². The molecule has 1 aromatic rings. The molecule has 7 atom stereocenters. The van der Waals surface area contributed by atoms with Crippen molar-refractivity contribution >= 4 is 11.6 Å². The fourth-order valence-corrected chi connectivity index (χ4v) is 5.86. The van der Waals surface area contributed by atoms with Crippen LogP contribution in [0.1, 0.15) is 48.2 Å². The monoisotopic (exact) mass is 360 g/mol. The number of carbonyl (C=O) groups excluding carboxylic acids is 2. The average Bonchev–Trinajstić information content (AvgIpc) is 3.27. The number of aliphatic hydroxyl groups is 3. The van der Waals surface area contributed by atoms with Gasteiger partial charge in [0.1, 0.15) is 17.6 Å². The molecule has 7 nitrogen and oxygen atoms in total. The van der Waals surface area contributed by atoms with E-state index in [4.69, 9.17) is 4.74 Å². The maximum Gasteiger partial charge on any atom is 0.198 e. The normalized spacial score (nSPS) is 48.9. The standard InChI is InChI=1S/C19H20O7/c1-8-5-11(21)14-17(24,6-8)7-12(22)19-16(26-19)13-9(3-2-4-10(13)20)15(23)18(14,19)25/h2-4,8,12,14,16,20,22,24-25H,5-7H2,1H3/t8-,12+,14-,16-,17+,18+,19+/m1/s1. The molecular weight excluding hydrogens is 340 g/mol. The summed E-state index contributed by atoms with van der Waals surface area (Å²) >= 11 is 0. The van der Waals surface area contributed by atoms with E-state index in [9.17, 15) is 30.0 Å². The minimum absolute atomic E-state index is 0.0634. The van der Waals surface area contributed by atoms with E-state index in [2.05, 4.69) is 0 Å². The van der Waals surface area contributed by atoms with Gasteiger partial charge in [-0.1, -0.05) is 19.1 Å². The lowest BCUT2D eigenvalue weighted by molar-refractivity contribution is -0.219. The number of fused-ring (bicyclic) bond motifs is 4. The Morgan fingerprint density at radius 2 is 1.92 bits per heavy atom. The highest BCUT2D eigenvalue weighted by atomic mass is 16.6. The van der Waals surface area contributed by atoms with Crippen LogP contribution < -0.4 is 0 Å². The van der Waals surface area contributed by atoms with Gasteiger partial charge in [-0.3, -0.25) is 9.59 Å². The van der Waals surface area contributed by atoms with E-state index in [-0.39, 0.29) is 42.1 Å². The Bertz CT molecular complexity index is 865. The lowest BCUT2D eigenvalue weighted by Crippen LogP contribution is -2.76. The first-order chi connectivity index (χ1) is 12.2. The van der Waals surface area contributed by atoms with Crippen molar-refractivity contribution in [1.82, 2.24) is 0 Å². The summed E-state index contributed by atoms with van der Waals surface area (Å²) in [6, 6.07) is 4.34. The molecule has 138 valence electrons. The van der Waals surface area contributed by atoms with Crippen molar-refractivity contribution in [2.24, 2.45) is 11.8 Å². The third-order valence-electron chi connectivity index (χ3n) is 6.75. The van der Waals surface area contributed by atoms with Crippen LogP contribution in [-0.2, 0) is 9.53 Å². The molecule has 0 bridgehead atoms. The molecule has 7 heteroatoms. The molecule has 3 fully saturated rings. The lowest BCUT2D eigenvalue weighted by atomic mass is 9.49. The number of ketones is 2. The summed E-state index contributed by atoms with van der Waals surface area (Å²) in [5.74, 6) is -2.81. The lowest BCUT2D eigenvalue weighted by Gasteiger charge is -2.56. The number of aromatic hydroxyl groups is 1. The number of epoxide rings is 1. The Morgan fingerprint density at radius 1 is 1.19 bits per heavy atom. The second-order valence-electron chi connectivity index (χ2n) is 8.36. The number of hydrogen-bond acceptors (Lipinski definition) is 7. The molecule has 5 rings (SSSR count). The molecule has 1 spiro atoms. The van der Waals surface area contributed by atoms with E-state index in [1.54, 1.807) is 0 Å². The first-order valence-corrected chi connectivity index (χ1v) is 8.87. The number of ether oxygens (including phenoxy) is 1. The predicted molar refractivity (Wildman–Crippen MR) is 86.4 cm³/mol. The van der Waals surface area contributed by atoms with Gasteiger partial charge in [-0.25, -0.2) is 0 Å². The number of rotatable bonds is 0.